The second-order valence-corrected chi connectivity index (χ2v) is 12.8. The summed E-state index contributed by atoms with van der Waals surface area (Å²) in [4.78, 5) is 38.7. The van der Waals surface area contributed by atoms with Gasteiger partial charge in [0, 0.05) is 71.5 Å². The number of hydrogen-bond donors (Lipinski definition) is 3. The molecule has 0 radical (unpaired) electrons. The number of nitrogens with one attached hydrogen (secondary N) is 2. The lowest BCUT2D eigenvalue weighted by atomic mass is 10.0. The summed E-state index contributed by atoms with van der Waals surface area (Å²) in [5.74, 6) is -0.582. The van der Waals surface area contributed by atoms with E-state index in [0.29, 0.717) is 33.6 Å². The number of hydrogen-bond acceptors (Lipinski definition) is 7. The van der Waals surface area contributed by atoms with Crippen molar-refractivity contribution in [3.8, 4) is 5.88 Å². The van der Waals surface area contributed by atoms with Crippen molar-refractivity contribution < 1.29 is 14.7 Å². The minimum absolute atomic E-state index is 0.0220. The molecule has 0 bridgehead atoms. The van der Waals surface area contributed by atoms with Gasteiger partial charge in [-0.3, -0.25) is 19.3 Å². The lowest BCUT2D eigenvalue weighted by molar-refractivity contribution is 0.101. The average molecular weight is 618 g/mol. The van der Waals surface area contributed by atoms with Crippen LogP contribution in [0.2, 0.25) is 0 Å². The number of aromatic nitrogens is 3. The van der Waals surface area contributed by atoms with Crippen molar-refractivity contribution >= 4 is 45.9 Å². The van der Waals surface area contributed by atoms with E-state index < -0.39 is 0 Å². The molecular formula is C36H39N7O3. The van der Waals surface area contributed by atoms with Gasteiger partial charge in [-0.1, -0.05) is 24.3 Å². The molecule has 1 saturated heterocycles. The van der Waals surface area contributed by atoms with Crippen molar-refractivity contribution in [1.29, 1.82) is 0 Å². The fourth-order valence-corrected chi connectivity index (χ4v) is 5.79. The van der Waals surface area contributed by atoms with E-state index in [1.165, 1.54) is 5.69 Å². The lowest BCUT2D eigenvalue weighted by Gasteiger charge is -2.34. The zero-order valence-corrected chi connectivity index (χ0v) is 26.8. The number of amides is 1. The molecule has 46 heavy (non-hydrogen) atoms. The maximum atomic E-state index is 13.5. The van der Waals surface area contributed by atoms with Crippen LogP contribution in [0, 0.1) is 6.92 Å². The molecule has 3 heterocycles. The second-order valence-electron chi connectivity index (χ2n) is 12.8. The molecule has 3 N–H and O–H groups in total. The second kappa shape index (κ2) is 12.3. The van der Waals surface area contributed by atoms with Crippen LogP contribution in [0.25, 0.3) is 10.9 Å². The third-order valence-corrected chi connectivity index (χ3v) is 8.28. The number of aromatic hydroxyl groups is 1. The molecular weight excluding hydrogens is 578 g/mol. The van der Waals surface area contributed by atoms with Gasteiger partial charge < -0.3 is 25.2 Å². The van der Waals surface area contributed by atoms with Crippen molar-refractivity contribution in [2.45, 2.75) is 33.2 Å². The molecule has 0 saturated carbocycles. The number of likely N-dealkylation sites (N-methyl/N-ethyl adjacent to an activating group) is 1. The SMILES string of the molecule is Cc1cc(C(=O)Nc2cccc(C(=O)c3ccc4c(C=Nc5ccc(N6CCN(C)CC6)cc5)c(O)[nH]c4c3)c2)nn1C(C)(C)C. The number of anilines is 2. The molecule has 6 rings (SSSR count). The first-order valence-corrected chi connectivity index (χ1v) is 15.4. The first-order valence-electron chi connectivity index (χ1n) is 15.4. The minimum Gasteiger partial charge on any atom is -0.494 e. The first kappa shape index (κ1) is 30.8. The number of fused-ring (bicyclic) bond motifs is 1. The van der Waals surface area contributed by atoms with Gasteiger partial charge in [-0.25, -0.2) is 0 Å². The summed E-state index contributed by atoms with van der Waals surface area (Å²) in [5, 5.41) is 18.8. The summed E-state index contributed by atoms with van der Waals surface area (Å²) in [6, 6.07) is 21.9. The number of aryl methyl sites for hydroxylation is 1. The number of rotatable bonds is 7. The Bertz CT molecular complexity index is 1940. The monoisotopic (exact) mass is 617 g/mol. The maximum Gasteiger partial charge on any atom is 0.276 e. The molecule has 0 aliphatic carbocycles. The van der Waals surface area contributed by atoms with Gasteiger partial charge in [0.1, 0.15) is 0 Å². The Hall–Kier alpha value is -5.22. The predicted octanol–water partition coefficient (Wildman–Crippen LogP) is 6.12. The van der Waals surface area contributed by atoms with Crippen LogP contribution >= 0.6 is 0 Å². The molecule has 1 aliphatic heterocycles. The fourth-order valence-electron chi connectivity index (χ4n) is 5.79. The van der Waals surface area contributed by atoms with Crippen LogP contribution in [0.15, 0.2) is 77.8 Å². The van der Waals surface area contributed by atoms with Crippen LogP contribution < -0.4 is 10.2 Å². The van der Waals surface area contributed by atoms with Crippen molar-refractivity contribution in [2.24, 2.45) is 4.99 Å². The molecule has 0 spiro atoms. The van der Waals surface area contributed by atoms with E-state index >= 15 is 0 Å². The van der Waals surface area contributed by atoms with Crippen LogP contribution in [0.3, 0.4) is 0 Å². The van der Waals surface area contributed by atoms with E-state index in [-0.39, 0.29) is 23.1 Å². The van der Waals surface area contributed by atoms with Gasteiger partial charge >= 0.3 is 0 Å². The number of benzene rings is 3. The highest BCUT2D eigenvalue weighted by atomic mass is 16.3. The van der Waals surface area contributed by atoms with E-state index in [0.717, 1.165) is 42.9 Å². The Morgan fingerprint density at radius 2 is 1.67 bits per heavy atom. The molecule has 1 aliphatic rings. The largest absolute Gasteiger partial charge is 0.494 e. The van der Waals surface area contributed by atoms with E-state index in [4.69, 9.17) is 0 Å². The summed E-state index contributed by atoms with van der Waals surface area (Å²) in [5.41, 5.74) is 5.42. The number of nitrogens with zero attached hydrogens (tertiary/aromatic N) is 5. The quantitative estimate of drug-likeness (QED) is 0.150. The highest BCUT2D eigenvalue weighted by Crippen LogP contribution is 2.29. The Labute approximate surface area is 268 Å². The molecule has 1 amide bonds. The third-order valence-electron chi connectivity index (χ3n) is 8.28. The molecule has 0 unspecified atom stereocenters. The smallest absolute Gasteiger partial charge is 0.276 e. The molecule has 10 heteroatoms. The zero-order valence-electron chi connectivity index (χ0n) is 26.8. The number of carbonyl (C=O) groups excluding carboxylic acids is 2. The van der Waals surface area contributed by atoms with Crippen molar-refractivity contribution in [3.05, 3.63) is 101 Å². The van der Waals surface area contributed by atoms with E-state index in [1.807, 2.05) is 44.5 Å². The van der Waals surface area contributed by atoms with Crippen LogP contribution in [0.4, 0.5) is 17.1 Å². The van der Waals surface area contributed by atoms with Crippen molar-refractivity contribution in [1.82, 2.24) is 19.7 Å². The van der Waals surface area contributed by atoms with Gasteiger partial charge in [0.25, 0.3) is 5.91 Å². The maximum absolute atomic E-state index is 13.5. The highest BCUT2D eigenvalue weighted by Gasteiger charge is 2.21. The predicted molar refractivity (Wildman–Crippen MR) is 183 cm³/mol. The lowest BCUT2D eigenvalue weighted by Crippen LogP contribution is -2.44. The van der Waals surface area contributed by atoms with Gasteiger partial charge in [-0.2, -0.15) is 5.10 Å². The van der Waals surface area contributed by atoms with Crippen LogP contribution in [0.5, 0.6) is 5.88 Å². The van der Waals surface area contributed by atoms with E-state index in [2.05, 4.69) is 49.4 Å². The number of aliphatic imine (C=N–C) groups is 1. The molecule has 1 fully saturated rings. The summed E-state index contributed by atoms with van der Waals surface area (Å²) in [6.07, 6.45) is 1.64. The molecule has 10 nitrogen and oxygen atoms in total. The normalized spacial score (nSPS) is 14.3. The standard InChI is InChI=1S/C36H39N7O3/c1-23-19-32(40-43(23)36(2,3)4)35(46)38-27-8-6-7-24(20-27)33(44)25-9-14-29-30(34(45)39-31(29)21-25)22-37-26-10-12-28(13-11-26)42-17-15-41(5)16-18-42/h6-14,19-22,39,45H,15-18H2,1-5H3,(H,38,46). The molecule has 5 aromatic rings. The summed E-state index contributed by atoms with van der Waals surface area (Å²) >= 11 is 0. The Morgan fingerprint density at radius 1 is 0.957 bits per heavy atom. The number of carbonyl (C=O) groups is 2. The van der Waals surface area contributed by atoms with Gasteiger partial charge in [-0.05, 0) is 83.3 Å². The van der Waals surface area contributed by atoms with Crippen LogP contribution in [0.1, 0.15) is 58.4 Å². The summed E-state index contributed by atoms with van der Waals surface area (Å²) in [7, 11) is 2.14. The Morgan fingerprint density at radius 3 is 2.37 bits per heavy atom. The molecule has 236 valence electrons. The Balaban J connectivity index is 1.16. The van der Waals surface area contributed by atoms with E-state index in [9.17, 15) is 14.7 Å². The molecule has 2 aromatic heterocycles. The van der Waals surface area contributed by atoms with Crippen molar-refractivity contribution in [2.75, 3.05) is 43.4 Å². The fraction of sp³-hybridized carbons (Fsp3) is 0.278. The first-order chi connectivity index (χ1) is 22.0. The van der Waals surface area contributed by atoms with Gasteiger partial charge in [0.2, 0.25) is 0 Å². The van der Waals surface area contributed by atoms with Crippen LogP contribution in [-0.2, 0) is 5.54 Å². The number of piperazine rings is 1. The molecule has 0 atom stereocenters. The Kier molecular flexibility index (Phi) is 8.22. The minimum atomic E-state index is -0.348. The zero-order chi connectivity index (χ0) is 32.6. The van der Waals surface area contributed by atoms with Crippen LogP contribution in [-0.4, -0.2) is 75.9 Å². The van der Waals surface area contributed by atoms with Gasteiger partial charge in [0.15, 0.2) is 17.4 Å². The average Bonchev–Trinajstić information content (AvgIpc) is 3.59. The van der Waals surface area contributed by atoms with Gasteiger partial charge in [0.05, 0.1) is 16.8 Å². The highest BCUT2D eigenvalue weighted by molar-refractivity contribution is 6.13. The van der Waals surface area contributed by atoms with Crippen molar-refractivity contribution in [3.63, 3.8) is 0 Å². The molecule has 3 aromatic carbocycles. The number of ketones is 1. The number of H-pyrrole nitrogens is 1. The summed E-state index contributed by atoms with van der Waals surface area (Å²) < 4.78 is 1.82. The topological polar surface area (TPSA) is 119 Å². The van der Waals surface area contributed by atoms with Gasteiger partial charge in [-0.15, -0.1) is 0 Å². The number of aromatic amines is 1. The third kappa shape index (κ3) is 6.43. The summed E-state index contributed by atoms with van der Waals surface area (Å²) in [6.45, 7) is 12.1. The van der Waals surface area contributed by atoms with E-state index in [1.54, 1.807) is 54.7 Å².